The number of ether oxygens (including phenoxy) is 1. The van der Waals surface area contributed by atoms with Crippen LogP contribution in [0.25, 0.3) is 0 Å². The maximum Gasteiger partial charge on any atom is 0.339 e. The summed E-state index contributed by atoms with van der Waals surface area (Å²) in [7, 11) is 0. The first-order chi connectivity index (χ1) is 9.25. The van der Waals surface area contributed by atoms with Crippen LogP contribution in [0.1, 0.15) is 38.8 Å². The maximum atomic E-state index is 12.1. The first-order valence-corrected chi connectivity index (χ1v) is 6.14. The van der Waals surface area contributed by atoms with Crippen molar-refractivity contribution >= 4 is 11.8 Å². The minimum atomic E-state index is -0.462. The van der Waals surface area contributed by atoms with E-state index in [1.807, 2.05) is 30.3 Å². The highest BCUT2D eigenvalue weighted by Gasteiger charge is 2.32. The lowest BCUT2D eigenvalue weighted by molar-refractivity contribution is 0.0367. The van der Waals surface area contributed by atoms with Gasteiger partial charge in [0.05, 0.1) is 12.0 Å². The first kappa shape index (κ1) is 11.7. The number of rotatable bonds is 3. The van der Waals surface area contributed by atoms with Gasteiger partial charge in [0.25, 0.3) is 0 Å². The van der Waals surface area contributed by atoms with Gasteiger partial charge < -0.3 is 4.74 Å². The number of esters is 1. The molecule has 0 spiro atoms. The number of cyclic esters (lactones) is 1. The Morgan fingerprint density at radius 1 is 1.00 bits per heavy atom. The fourth-order valence-corrected chi connectivity index (χ4v) is 2.28. The van der Waals surface area contributed by atoms with Crippen LogP contribution in [0.5, 0.6) is 0 Å². The third kappa shape index (κ3) is 2.15. The Bertz CT molecular complexity index is 631. The minimum absolute atomic E-state index is 0.0184. The molecule has 1 aliphatic rings. The van der Waals surface area contributed by atoms with Gasteiger partial charge in [-0.25, -0.2) is 4.79 Å². The van der Waals surface area contributed by atoms with Crippen molar-refractivity contribution in [2.24, 2.45) is 0 Å². The van der Waals surface area contributed by atoms with Crippen LogP contribution in [-0.2, 0) is 4.74 Å². The Kier molecular flexibility index (Phi) is 2.88. The second kappa shape index (κ2) is 4.69. The third-order valence-corrected chi connectivity index (χ3v) is 3.24. The van der Waals surface area contributed by atoms with E-state index in [1.54, 1.807) is 24.3 Å². The fraction of sp³-hybridized carbons (Fsp3) is 0.125. The van der Waals surface area contributed by atoms with Crippen LogP contribution < -0.4 is 0 Å². The van der Waals surface area contributed by atoms with E-state index < -0.39 is 6.10 Å². The lowest BCUT2D eigenvalue weighted by atomic mass is 9.99. The molecular weight excluding hydrogens is 240 g/mol. The predicted molar refractivity (Wildman–Crippen MR) is 70.0 cm³/mol. The van der Waals surface area contributed by atoms with Gasteiger partial charge >= 0.3 is 5.97 Å². The van der Waals surface area contributed by atoms with Gasteiger partial charge in [0.15, 0.2) is 5.78 Å². The lowest BCUT2D eigenvalue weighted by Gasteiger charge is -2.09. The second-order valence-corrected chi connectivity index (χ2v) is 4.47. The van der Waals surface area contributed by atoms with Crippen LogP contribution in [0.3, 0.4) is 0 Å². The molecule has 0 saturated heterocycles. The van der Waals surface area contributed by atoms with Crippen LogP contribution in [-0.4, -0.2) is 11.8 Å². The van der Waals surface area contributed by atoms with Gasteiger partial charge in [0, 0.05) is 11.1 Å². The summed E-state index contributed by atoms with van der Waals surface area (Å²) >= 11 is 0. The van der Waals surface area contributed by atoms with Crippen LogP contribution in [0, 0.1) is 0 Å². The van der Waals surface area contributed by atoms with Crippen molar-refractivity contribution in [2.75, 3.05) is 0 Å². The molecule has 0 radical (unpaired) electrons. The van der Waals surface area contributed by atoms with Gasteiger partial charge in [-0.05, 0) is 6.07 Å². The molecular formula is C16H12O3. The zero-order valence-corrected chi connectivity index (χ0v) is 10.2. The Balaban J connectivity index is 1.83. The summed E-state index contributed by atoms with van der Waals surface area (Å²) in [5.74, 6) is -0.364. The normalized spacial score (nSPS) is 16.8. The summed E-state index contributed by atoms with van der Waals surface area (Å²) in [6.45, 7) is 0. The van der Waals surface area contributed by atoms with Crippen molar-refractivity contribution in [1.29, 1.82) is 0 Å². The molecule has 0 aliphatic carbocycles. The van der Waals surface area contributed by atoms with Crippen molar-refractivity contribution < 1.29 is 14.3 Å². The van der Waals surface area contributed by atoms with Crippen molar-refractivity contribution in [3.63, 3.8) is 0 Å². The summed E-state index contributed by atoms with van der Waals surface area (Å²) in [4.78, 5) is 23.8. The molecule has 2 aromatic carbocycles. The molecule has 3 nitrogen and oxygen atoms in total. The van der Waals surface area contributed by atoms with E-state index in [2.05, 4.69) is 0 Å². The van der Waals surface area contributed by atoms with Crippen LogP contribution in [0.4, 0.5) is 0 Å². The Hall–Kier alpha value is -2.42. The van der Waals surface area contributed by atoms with Crippen molar-refractivity contribution in [3.8, 4) is 0 Å². The summed E-state index contributed by atoms with van der Waals surface area (Å²) in [5.41, 5.74) is 2.01. The van der Waals surface area contributed by atoms with Gasteiger partial charge in [-0.1, -0.05) is 48.5 Å². The van der Waals surface area contributed by atoms with Gasteiger partial charge in [-0.15, -0.1) is 0 Å². The first-order valence-electron chi connectivity index (χ1n) is 6.14. The number of fused-ring (bicyclic) bond motifs is 1. The van der Waals surface area contributed by atoms with Gasteiger partial charge in [-0.3, -0.25) is 4.79 Å². The number of carbonyl (C=O) groups excluding carboxylic acids is 2. The molecule has 0 fully saturated rings. The summed E-state index contributed by atoms with van der Waals surface area (Å²) in [5, 5.41) is 0. The van der Waals surface area contributed by atoms with Crippen LogP contribution in [0.15, 0.2) is 54.6 Å². The molecule has 0 aromatic heterocycles. The van der Waals surface area contributed by atoms with Gasteiger partial charge in [0.1, 0.15) is 6.10 Å². The average Bonchev–Trinajstić information content (AvgIpc) is 2.77. The molecule has 3 heteroatoms. The number of hydrogen-bond acceptors (Lipinski definition) is 3. The third-order valence-electron chi connectivity index (χ3n) is 3.24. The van der Waals surface area contributed by atoms with Crippen LogP contribution >= 0.6 is 0 Å². The van der Waals surface area contributed by atoms with E-state index in [-0.39, 0.29) is 18.2 Å². The molecule has 0 amide bonds. The maximum absolute atomic E-state index is 12.1. The molecule has 0 bridgehead atoms. The molecule has 19 heavy (non-hydrogen) atoms. The highest BCUT2D eigenvalue weighted by molar-refractivity contribution is 5.98. The predicted octanol–water partition coefficient (Wildman–Crippen LogP) is 3.17. The molecule has 0 N–H and O–H groups in total. The zero-order valence-electron chi connectivity index (χ0n) is 10.2. The summed E-state index contributed by atoms with van der Waals surface area (Å²) in [6, 6.07) is 16.2. The van der Waals surface area contributed by atoms with Crippen molar-refractivity contribution in [2.45, 2.75) is 12.5 Å². The molecule has 1 heterocycles. The summed E-state index contributed by atoms with van der Waals surface area (Å²) in [6.07, 6.45) is -0.274. The van der Waals surface area contributed by atoms with E-state index in [9.17, 15) is 9.59 Å². The number of hydrogen-bond donors (Lipinski definition) is 0. The van der Waals surface area contributed by atoms with E-state index in [0.29, 0.717) is 11.1 Å². The Morgan fingerprint density at radius 2 is 1.68 bits per heavy atom. The van der Waals surface area contributed by atoms with Gasteiger partial charge in [-0.2, -0.15) is 0 Å². The number of Topliss-reactive ketones (excluding diaryl/α,β-unsaturated/α-hetero) is 1. The lowest BCUT2D eigenvalue weighted by Crippen LogP contribution is -2.07. The Morgan fingerprint density at radius 3 is 2.47 bits per heavy atom. The SMILES string of the molecule is O=C(C[C@@H]1OC(=O)c2ccccc21)c1ccccc1. The number of benzene rings is 2. The second-order valence-electron chi connectivity index (χ2n) is 4.47. The van der Waals surface area contributed by atoms with E-state index in [1.165, 1.54) is 0 Å². The topological polar surface area (TPSA) is 43.4 Å². The smallest absolute Gasteiger partial charge is 0.339 e. The van der Waals surface area contributed by atoms with Gasteiger partial charge in [0.2, 0.25) is 0 Å². The van der Waals surface area contributed by atoms with E-state index in [0.717, 1.165) is 5.56 Å². The minimum Gasteiger partial charge on any atom is -0.453 e. The largest absolute Gasteiger partial charge is 0.453 e. The average molecular weight is 252 g/mol. The van der Waals surface area contributed by atoms with Crippen molar-refractivity contribution in [1.82, 2.24) is 0 Å². The highest BCUT2D eigenvalue weighted by atomic mass is 16.5. The fourth-order valence-electron chi connectivity index (χ4n) is 2.28. The quantitative estimate of drug-likeness (QED) is 0.622. The zero-order chi connectivity index (χ0) is 13.2. The number of ketones is 1. The Labute approximate surface area is 110 Å². The molecule has 2 aromatic rings. The molecule has 1 aliphatic heterocycles. The monoisotopic (exact) mass is 252 g/mol. The molecule has 0 saturated carbocycles. The van der Waals surface area contributed by atoms with Crippen LogP contribution in [0.2, 0.25) is 0 Å². The number of carbonyl (C=O) groups is 2. The molecule has 94 valence electrons. The van der Waals surface area contributed by atoms with E-state index >= 15 is 0 Å². The molecule has 3 rings (SSSR count). The summed E-state index contributed by atoms with van der Waals surface area (Å²) < 4.78 is 5.26. The highest BCUT2D eigenvalue weighted by Crippen LogP contribution is 2.33. The standard InChI is InChI=1S/C16H12O3/c17-14(11-6-2-1-3-7-11)10-15-12-8-4-5-9-13(12)16(18)19-15/h1-9,15H,10H2/t15-/m0/s1. The molecule has 0 unspecified atom stereocenters. The molecule has 1 atom stereocenters. The van der Waals surface area contributed by atoms with Crippen molar-refractivity contribution in [3.05, 3.63) is 71.3 Å². The van der Waals surface area contributed by atoms with E-state index in [4.69, 9.17) is 4.74 Å².